The molecule has 0 bridgehead atoms. The molecular weight excluding hydrogens is 338 g/mol. The highest BCUT2D eigenvalue weighted by Gasteiger charge is 2.30. The van der Waals surface area contributed by atoms with Crippen LogP contribution < -0.4 is 10.2 Å². The SMILES string of the molecule is CNC(=O)c1sc2ncccc2c1[C@H]1CN(c2ncccn2)CCO1. The fourth-order valence-electron chi connectivity index (χ4n) is 3.01. The number of amides is 1. The lowest BCUT2D eigenvalue weighted by Gasteiger charge is -2.33. The molecule has 0 aromatic carbocycles. The molecular formula is C17H17N5O2S. The van der Waals surface area contributed by atoms with Crippen molar-refractivity contribution >= 4 is 33.4 Å². The molecule has 128 valence electrons. The third-order valence-electron chi connectivity index (χ3n) is 4.16. The molecule has 0 radical (unpaired) electrons. The van der Waals surface area contributed by atoms with Crippen molar-refractivity contribution in [1.29, 1.82) is 0 Å². The summed E-state index contributed by atoms with van der Waals surface area (Å²) in [7, 11) is 1.63. The van der Waals surface area contributed by atoms with E-state index in [0.717, 1.165) is 22.3 Å². The lowest BCUT2D eigenvalue weighted by molar-refractivity contribution is 0.0396. The van der Waals surface area contributed by atoms with E-state index in [0.29, 0.717) is 24.0 Å². The van der Waals surface area contributed by atoms with Gasteiger partial charge in [-0.05, 0) is 12.1 Å². The Kier molecular flexibility index (Phi) is 4.29. The van der Waals surface area contributed by atoms with Crippen molar-refractivity contribution in [1.82, 2.24) is 20.3 Å². The van der Waals surface area contributed by atoms with Gasteiger partial charge in [0.1, 0.15) is 15.8 Å². The highest BCUT2D eigenvalue weighted by Crippen LogP contribution is 2.37. The first kappa shape index (κ1) is 15.9. The maximum atomic E-state index is 12.4. The number of aromatic nitrogens is 3. The van der Waals surface area contributed by atoms with Crippen molar-refractivity contribution in [2.75, 3.05) is 31.6 Å². The fraction of sp³-hybridized carbons (Fsp3) is 0.294. The Morgan fingerprint density at radius 2 is 2.08 bits per heavy atom. The first-order valence-electron chi connectivity index (χ1n) is 8.01. The minimum absolute atomic E-state index is 0.116. The molecule has 3 aromatic rings. The Bertz CT molecular complexity index is 898. The van der Waals surface area contributed by atoms with E-state index >= 15 is 0 Å². The van der Waals surface area contributed by atoms with Gasteiger partial charge in [-0.1, -0.05) is 6.07 Å². The average molecular weight is 355 g/mol. The second kappa shape index (κ2) is 6.73. The highest BCUT2D eigenvalue weighted by atomic mass is 32.1. The predicted octanol–water partition coefficient (Wildman–Crippen LogP) is 2.02. The summed E-state index contributed by atoms with van der Waals surface area (Å²) in [5.41, 5.74) is 0.896. The zero-order chi connectivity index (χ0) is 17.2. The molecule has 0 saturated carbocycles. The summed E-state index contributed by atoms with van der Waals surface area (Å²) in [4.78, 5) is 29.0. The maximum absolute atomic E-state index is 12.4. The summed E-state index contributed by atoms with van der Waals surface area (Å²) in [6.07, 6.45) is 4.96. The van der Waals surface area contributed by atoms with Crippen LogP contribution in [0.25, 0.3) is 10.2 Å². The van der Waals surface area contributed by atoms with Crippen LogP contribution in [0.5, 0.6) is 0 Å². The third-order valence-corrected chi connectivity index (χ3v) is 5.29. The van der Waals surface area contributed by atoms with Gasteiger partial charge in [0.05, 0.1) is 13.2 Å². The average Bonchev–Trinajstić information content (AvgIpc) is 3.08. The van der Waals surface area contributed by atoms with Crippen molar-refractivity contribution < 1.29 is 9.53 Å². The van der Waals surface area contributed by atoms with Crippen LogP contribution in [0.1, 0.15) is 21.3 Å². The lowest BCUT2D eigenvalue weighted by atomic mass is 10.0. The number of hydrogen-bond acceptors (Lipinski definition) is 7. The van der Waals surface area contributed by atoms with E-state index in [4.69, 9.17) is 4.74 Å². The molecule has 0 aliphatic carbocycles. The molecule has 1 amide bonds. The Labute approximate surface area is 148 Å². The number of anilines is 1. The molecule has 8 heteroatoms. The van der Waals surface area contributed by atoms with Gasteiger partial charge in [0.25, 0.3) is 5.91 Å². The normalized spacial score (nSPS) is 17.6. The molecule has 7 nitrogen and oxygen atoms in total. The Balaban J connectivity index is 1.74. The number of ether oxygens (including phenoxy) is 1. The van der Waals surface area contributed by atoms with Gasteiger partial charge in [-0.25, -0.2) is 15.0 Å². The van der Waals surface area contributed by atoms with E-state index in [2.05, 4.69) is 25.2 Å². The molecule has 25 heavy (non-hydrogen) atoms. The first-order valence-corrected chi connectivity index (χ1v) is 8.82. The minimum atomic E-state index is -0.234. The molecule has 0 unspecified atom stereocenters. The number of hydrogen-bond donors (Lipinski definition) is 1. The number of carbonyl (C=O) groups is 1. The molecule has 1 N–H and O–H groups in total. The molecule has 1 atom stereocenters. The number of carbonyl (C=O) groups excluding carboxylic acids is 1. The van der Waals surface area contributed by atoms with Crippen LogP contribution >= 0.6 is 11.3 Å². The fourth-order valence-corrected chi connectivity index (χ4v) is 4.15. The first-order chi connectivity index (χ1) is 12.3. The summed E-state index contributed by atoms with van der Waals surface area (Å²) in [6, 6.07) is 5.66. The van der Waals surface area contributed by atoms with E-state index in [-0.39, 0.29) is 12.0 Å². The summed E-state index contributed by atoms with van der Waals surface area (Å²) in [5, 5.41) is 3.68. The van der Waals surface area contributed by atoms with Gasteiger partial charge in [-0.3, -0.25) is 4.79 Å². The number of nitrogens with one attached hydrogen (secondary N) is 1. The number of morpholine rings is 1. The molecule has 1 aliphatic heterocycles. The number of pyridine rings is 1. The van der Waals surface area contributed by atoms with Crippen LogP contribution in [0, 0.1) is 0 Å². The second-order valence-electron chi connectivity index (χ2n) is 5.63. The van der Waals surface area contributed by atoms with E-state index in [9.17, 15) is 4.79 Å². The summed E-state index contributed by atoms with van der Waals surface area (Å²) in [5.74, 6) is 0.560. The summed E-state index contributed by atoms with van der Waals surface area (Å²) >= 11 is 1.39. The van der Waals surface area contributed by atoms with Gasteiger partial charge in [0, 0.05) is 43.1 Å². The lowest BCUT2D eigenvalue weighted by Crippen LogP contribution is -2.39. The van der Waals surface area contributed by atoms with Crippen molar-refractivity contribution in [2.45, 2.75) is 6.10 Å². The topological polar surface area (TPSA) is 80.2 Å². The minimum Gasteiger partial charge on any atom is -0.370 e. The molecule has 1 aliphatic rings. The molecule has 4 rings (SSSR count). The molecule has 1 fully saturated rings. The van der Waals surface area contributed by atoms with Gasteiger partial charge in [-0.15, -0.1) is 11.3 Å². The van der Waals surface area contributed by atoms with E-state index in [1.807, 2.05) is 12.1 Å². The Morgan fingerprint density at radius 1 is 1.28 bits per heavy atom. The van der Waals surface area contributed by atoms with Crippen LogP contribution in [0.2, 0.25) is 0 Å². The van der Waals surface area contributed by atoms with Gasteiger partial charge in [0.2, 0.25) is 5.95 Å². The number of rotatable bonds is 3. The number of fused-ring (bicyclic) bond motifs is 1. The summed E-state index contributed by atoms with van der Waals surface area (Å²) < 4.78 is 6.02. The van der Waals surface area contributed by atoms with Crippen molar-refractivity contribution in [2.24, 2.45) is 0 Å². The smallest absolute Gasteiger partial charge is 0.261 e. The standard InChI is InChI=1S/C17H17N5O2S/c1-18-15(23)14-13(11-4-2-5-19-16(11)25-14)12-10-22(8-9-24-12)17-20-6-3-7-21-17/h2-7,12H,8-10H2,1H3,(H,18,23)/t12-/m1/s1. The van der Waals surface area contributed by atoms with Crippen LogP contribution in [-0.2, 0) is 4.74 Å². The van der Waals surface area contributed by atoms with E-state index in [1.54, 1.807) is 31.7 Å². The van der Waals surface area contributed by atoms with E-state index in [1.165, 1.54) is 11.3 Å². The van der Waals surface area contributed by atoms with Gasteiger partial charge >= 0.3 is 0 Å². The highest BCUT2D eigenvalue weighted by molar-refractivity contribution is 7.20. The zero-order valence-electron chi connectivity index (χ0n) is 13.7. The van der Waals surface area contributed by atoms with Crippen LogP contribution in [0.3, 0.4) is 0 Å². The molecule has 3 aromatic heterocycles. The summed E-state index contributed by atoms with van der Waals surface area (Å²) in [6.45, 7) is 1.86. The maximum Gasteiger partial charge on any atom is 0.261 e. The van der Waals surface area contributed by atoms with Crippen LogP contribution in [0.15, 0.2) is 36.8 Å². The van der Waals surface area contributed by atoms with Gasteiger partial charge < -0.3 is 15.0 Å². The van der Waals surface area contributed by atoms with Crippen molar-refractivity contribution in [3.8, 4) is 0 Å². The van der Waals surface area contributed by atoms with Gasteiger partial charge in [0.15, 0.2) is 0 Å². The van der Waals surface area contributed by atoms with Crippen molar-refractivity contribution in [3.05, 3.63) is 47.2 Å². The third kappa shape index (κ3) is 2.94. The number of nitrogens with zero attached hydrogens (tertiary/aromatic N) is 4. The van der Waals surface area contributed by atoms with Crippen LogP contribution in [-0.4, -0.2) is 47.6 Å². The molecule has 4 heterocycles. The van der Waals surface area contributed by atoms with Crippen LogP contribution in [0.4, 0.5) is 5.95 Å². The Morgan fingerprint density at radius 3 is 2.88 bits per heavy atom. The zero-order valence-corrected chi connectivity index (χ0v) is 14.5. The largest absolute Gasteiger partial charge is 0.370 e. The molecule has 0 spiro atoms. The quantitative estimate of drug-likeness (QED) is 0.774. The predicted molar refractivity (Wildman–Crippen MR) is 95.9 cm³/mol. The number of thiophene rings is 1. The van der Waals surface area contributed by atoms with E-state index < -0.39 is 0 Å². The monoisotopic (exact) mass is 355 g/mol. The van der Waals surface area contributed by atoms with Gasteiger partial charge in [-0.2, -0.15) is 0 Å². The Hall–Kier alpha value is -2.58. The van der Waals surface area contributed by atoms with Crippen molar-refractivity contribution in [3.63, 3.8) is 0 Å². The molecule has 1 saturated heterocycles. The second-order valence-corrected chi connectivity index (χ2v) is 6.63.